The molecule has 0 aromatic rings. The molecule has 0 nitrogen and oxygen atoms in total. The van der Waals surface area contributed by atoms with Gasteiger partial charge in [0, 0.05) is 0 Å². The molecule has 0 unspecified atom stereocenters. The van der Waals surface area contributed by atoms with Gasteiger partial charge >= 0.3 is 207 Å². The third-order valence-electron chi connectivity index (χ3n) is 0. The topological polar surface area (TPSA) is 0 Å². The highest BCUT2D eigenvalue weighted by molar-refractivity contribution is 5.76. The molecule has 0 N–H and O–H groups in total. The molecule has 0 aliphatic rings. The standard InChI is InChI=1S/5FH.9Mg.18H/h5*1H;;;;;;;;;;;;;;;;;;;;;;;;;;;. The third kappa shape index (κ3) is 133. The zero-order chi connectivity index (χ0) is 0. The fourth-order valence-corrected chi connectivity index (χ4v) is 0. The summed E-state index contributed by atoms with van der Waals surface area (Å²) in [5.41, 5.74) is 0. The fourth-order valence-electron chi connectivity index (χ4n) is 0. The highest BCUT2D eigenvalue weighted by Crippen LogP contribution is 0.424. The van der Waals surface area contributed by atoms with Crippen LogP contribution in [-0.2, 0) is 0 Å². The lowest BCUT2D eigenvalue weighted by atomic mass is 19.0. The summed E-state index contributed by atoms with van der Waals surface area (Å²) < 4.78 is 0. The van der Waals surface area contributed by atoms with Crippen molar-refractivity contribution in [3.63, 3.8) is 0 Å². The van der Waals surface area contributed by atoms with E-state index in [0.29, 0.717) is 0 Å². The van der Waals surface area contributed by atoms with E-state index in [1.165, 1.54) is 0 Å². The Labute approximate surface area is 225 Å². The van der Waals surface area contributed by atoms with Crippen LogP contribution in [0.4, 0.5) is 23.5 Å². The van der Waals surface area contributed by atoms with Crippen molar-refractivity contribution >= 4 is 207 Å². The first-order valence-electron chi connectivity index (χ1n) is 0. The molecule has 0 rings (SSSR count). The molecule has 0 aromatic heterocycles. The van der Waals surface area contributed by atoms with Crippen LogP contribution < -0.4 is 0 Å². The maximum Gasteiger partial charge on any atom is 0.316 e. The Morgan fingerprint density at radius 1 is 0.143 bits per heavy atom. The quantitative estimate of drug-likeness (QED) is 0.305. The number of hydrogen-bond donors (Lipinski definition) is 0. The van der Waals surface area contributed by atoms with E-state index in [1.54, 1.807) is 0 Å². The zero-order valence-electron chi connectivity index (χ0n) is 2.04. The van der Waals surface area contributed by atoms with Gasteiger partial charge in [0.2, 0.25) is 0 Å². The van der Waals surface area contributed by atoms with Crippen molar-refractivity contribution in [2.24, 2.45) is 0 Å². The Kier molecular flexibility index (Phi) is 2050. The van der Waals surface area contributed by atoms with Crippen molar-refractivity contribution in [2.45, 2.75) is 0 Å². The van der Waals surface area contributed by atoms with Crippen LogP contribution in [0.2, 0.25) is 0 Å². The van der Waals surface area contributed by atoms with E-state index in [2.05, 4.69) is 0 Å². The van der Waals surface area contributed by atoms with Crippen LogP contribution in [-0.4, -0.2) is 207 Å². The van der Waals surface area contributed by atoms with Crippen LogP contribution in [0.1, 0.15) is 0 Å². The summed E-state index contributed by atoms with van der Waals surface area (Å²) in [5.74, 6) is 0. The minimum atomic E-state index is 0. The van der Waals surface area contributed by atoms with Crippen LogP contribution in [0.15, 0.2) is 0 Å². The number of halogens is 5. The van der Waals surface area contributed by atoms with Gasteiger partial charge in [0.15, 0.2) is 0 Å². The van der Waals surface area contributed by atoms with Gasteiger partial charge in [-0.2, -0.15) is 0 Å². The van der Waals surface area contributed by atoms with Gasteiger partial charge in [0.25, 0.3) is 0 Å². The smallest absolute Gasteiger partial charge is 0.269 e. The Bertz CT molecular complexity index is 13.2. The lowest BCUT2D eigenvalue weighted by molar-refractivity contribution is 1.11. The average Bonchev–Trinajstić information content (AvgIpc) is 0. The van der Waals surface area contributed by atoms with Crippen molar-refractivity contribution in [1.29, 1.82) is 0 Å². The van der Waals surface area contributed by atoms with Crippen molar-refractivity contribution < 1.29 is 23.5 Å². The highest BCUT2D eigenvalue weighted by Gasteiger charge is 0.324. The molecule has 0 heterocycles. The van der Waals surface area contributed by atoms with Gasteiger partial charge in [-0.15, -0.1) is 0 Å². The summed E-state index contributed by atoms with van der Waals surface area (Å²) in [6.07, 6.45) is 0. The van der Waals surface area contributed by atoms with Crippen LogP contribution in [0.25, 0.3) is 0 Å². The molecule has 0 bridgehead atoms. The van der Waals surface area contributed by atoms with E-state index in [1.807, 2.05) is 0 Å². The summed E-state index contributed by atoms with van der Waals surface area (Å²) in [6, 6.07) is 0. The van der Waals surface area contributed by atoms with Gasteiger partial charge < -0.3 is 0 Å². The predicted molar refractivity (Wildman–Crippen MR) is 89.4 cm³/mol. The first kappa shape index (κ1) is 183. The Morgan fingerprint density at radius 2 is 0.143 bits per heavy atom. The molecule has 76 valence electrons. The first-order chi connectivity index (χ1) is 0. The van der Waals surface area contributed by atoms with E-state index in [4.69, 9.17) is 0 Å². The second-order valence-corrected chi connectivity index (χ2v) is 0. The molecule has 0 aliphatic heterocycles. The van der Waals surface area contributed by atoms with Gasteiger partial charge in [-0.3, -0.25) is 23.5 Å². The van der Waals surface area contributed by atoms with E-state index in [0.717, 1.165) is 0 Å². The maximum absolute atomic E-state index is 0. The second kappa shape index (κ2) is 157. The van der Waals surface area contributed by atoms with Crippen molar-refractivity contribution in [3.8, 4) is 0 Å². The molecule has 0 atom stereocenters. The minimum absolute atomic E-state index is 0. The summed E-state index contributed by atoms with van der Waals surface area (Å²) in [4.78, 5) is 0. The monoisotopic (exact) mass is 334 g/mol. The molecule has 0 saturated carbocycles. The molecular formula is H23F5Mg9. The average molecular weight is 337 g/mol. The zero-order valence-corrected chi connectivity index (χ0v) is 2.04. The largest absolute Gasteiger partial charge is 0.316 e. The molecule has 0 amide bonds. The van der Waals surface area contributed by atoms with E-state index in [9.17, 15) is 0 Å². The lowest BCUT2D eigenvalue weighted by Crippen LogP contribution is -0.382. The molecule has 0 spiro atoms. The minimum Gasteiger partial charge on any atom is -0.269 e. The van der Waals surface area contributed by atoms with Crippen molar-refractivity contribution in [1.82, 2.24) is 0 Å². The van der Waals surface area contributed by atoms with Gasteiger partial charge in [-0.25, -0.2) is 0 Å². The second-order valence-electron chi connectivity index (χ2n) is 0. The SMILES string of the molecule is F.F.F.F.F.[MgH2].[MgH2].[MgH2].[MgH2].[MgH2].[MgH2].[MgH2].[MgH2].[MgH2]. The number of hydrogen-bond acceptors (Lipinski definition) is 0. The molecular weight excluding hydrogens is 314 g/mol. The Balaban J connectivity index is 0. The van der Waals surface area contributed by atoms with Crippen LogP contribution in [0, 0.1) is 0 Å². The van der Waals surface area contributed by atoms with E-state index in [-0.39, 0.29) is 231 Å². The lowest BCUT2D eigenvalue weighted by Gasteiger charge is -0.270. The molecule has 0 saturated heterocycles. The molecule has 0 aliphatic carbocycles. The Hall–Kier alpha value is 6.55. The highest BCUT2D eigenvalue weighted by atomic mass is 24.3. The summed E-state index contributed by atoms with van der Waals surface area (Å²) in [6.45, 7) is 0. The first-order valence-corrected chi connectivity index (χ1v) is 0. The fraction of sp³-hybridized carbons (Fsp3) is 0. The van der Waals surface area contributed by atoms with E-state index >= 15 is 0 Å². The van der Waals surface area contributed by atoms with E-state index < -0.39 is 0 Å². The summed E-state index contributed by atoms with van der Waals surface area (Å²) in [5, 5.41) is 0. The third-order valence-corrected chi connectivity index (χ3v) is 0. The molecule has 0 radical (unpaired) electrons. The Morgan fingerprint density at radius 3 is 0.143 bits per heavy atom. The van der Waals surface area contributed by atoms with Crippen molar-refractivity contribution in [3.05, 3.63) is 0 Å². The van der Waals surface area contributed by atoms with Crippen LogP contribution >= 0.6 is 0 Å². The maximum atomic E-state index is 0. The molecule has 0 fully saturated rings. The van der Waals surface area contributed by atoms with Crippen molar-refractivity contribution in [2.75, 3.05) is 0 Å². The van der Waals surface area contributed by atoms with Gasteiger partial charge in [0.05, 0.1) is 0 Å². The predicted octanol–water partition coefficient (Wildman–Crippen LogP) is -7.48. The normalized spacial score (nSPS) is 0. The summed E-state index contributed by atoms with van der Waals surface area (Å²) >= 11 is 0. The van der Waals surface area contributed by atoms with Crippen LogP contribution in [0.3, 0.4) is 0 Å². The van der Waals surface area contributed by atoms with Gasteiger partial charge in [-0.05, 0) is 0 Å². The molecule has 14 heavy (non-hydrogen) atoms. The van der Waals surface area contributed by atoms with Gasteiger partial charge in [0.1, 0.15) is 0 Å². The summed E-state index contributed by atoms with van der Waals surface area (Å²) in [7, 11) is 0. The number of rotatable bonds is 0. The van der Waals surface area contributed by atoms with Crippen LogP contribution in [0.5, 0.6) is 0 Å². The molecule has 0 aromatic carbocycles. The molecule has 14 heteroatoms. The van der Waals surface area contributed by atoms with Gasteiger partial charge in [-0.1, -0.05) is 0 Å².